The van der Waals surface area contributed by atoms with Crippen molar-refractivity contribution >= 4 is 11.7 Å². The molecule has 0 fully saturated rings. The molecule has 0 aliphatic carbocycles. The molecule has 0 spiro atoms. The van der Waals surface area contributed by atoms with E-state index >= 15 is 0 Å². The van der Waals surface area contributed by atoms with E-state index in [2.05, 4.69) is 0 Å². The zero-order valence-corrected chi connectivity index (χ0v) is 8.73. The topological polar surface area (TPSA) is 61.5 Å². The van der Waals surface area contributed by atoms with Crippen molar-refractivity contribution in [3.8, 4) is 0 Å². The van der Waals surface area contributed by atoms with Gasteiger partial charge in [0.25, 0.3) is 0 Å². The minimum atomic E-state index is -0.328. The Morgan fingerprint density at radius 2 is 1.93 bits per heavy atom. The van der Waals surface area contributed by atoms with Gasteiger partial charge in [0.1, 0.15) is 0 Å². The monoisotopic (exact) mass is 209 g/mol. The van der Waals surface area contributed by atoms with Gasteiger partial charge in [-0.05, 0) is 24.3 Å². The molecule has 0 aliphatic rings. The predicted octanol–water partition coefficient (Wildman–Crippen LogP) is 1.46. The highest BCUT2D eigenvalue weighted by atomic mass is 16.5. The molecular weight excluding hydrogens is 194 g/mol. The molecule has 4 nitrogen and oxygen atoms in total. The number of hydrogen-bond acceptors (Lipinski definition) is 4. The highest BCUT2D eigenvalue weighted by Crippen LogP contribution is 2.06. The van der Waals surface area contributed by atoms with E-state index in [0.29, 0.717) is 30.9 Å². The lowest BCUT2D eigenvalue weighted by Crippen LogP contribution is -2.07. The van der Waals surface area contributed by atoms with Crippen molar-refractivity contribution in [3.63, 3.8) is 0 Å². The summed E-state index contributed by atoms with van der Waals surface area (Å²) >= 11 is 0. The van der Waals surface area contributed by atoms with Gasteiger partial charge in [0, 0.05) is 25.8 Å². The quantitative estimate of drug-likeness (QED) is 0.453. The van der Waals surface area contributed by atoms with E-state index in [1.54, 1.807) is 31.4 Å². The number of methoxy groups -OCH3 is 1. The van der Waals surface area contributed by atoms with Crippen molar-refractivity contribution in [1.82, 2.24) is 0 Å². The first-order valence-electron chi connectivity index (χ1n) is 4.75. The van der Waals surface area contributed by atoms with Gasteiger partial charge in [0.05, 0.1) is 12.2 Å². The second-order valence-corrected chi connectivity index (χ2v) is 3.10. The Balaban J connectivity index is 2.37. The van der Waals surface area contributed by atoms with Crippen LogP contribution in [0.15, 0.2) is 24.3 Å². The Bertz CT molecular complexity index is 308. The van der Waals surface area contributed by atoms with Gasteiger partial charge in [-0.25, -0.2) is 4.79 Å². The van der Waals surface area contributed by atoms with Crippen molar-refractivity contribution in [3.05, 3.63) is 29.8 Å². The average Bonchev–Trinajstić information content (AvgIpc) is 2.25. The highest BCUT2D eigenvalue weighted by Gasteiger charge is 2.05. The van der Waals surface area contributed by atoms with Crippen LogP contribution in [-0.4, -0.2) is 26.3 Å². The van der Waals surface area contributed by atoms with E-state index in [1.165, 1.54) is 0 Å². The maximum absolute atomic E-state index is 11.4. The molecule has 0 unspecified atom stereocenters. The van der Waals surface area contributed by atoms with Gasteiger partial charge in [-0.3, -0.25) is 0 Å². The van der Waals surface area contributed by atoms with Crippen LogP contribution in [0.3, 0.4) is 0 Å². The Morgan fingerprint density at radius 1 is 1.27 bits per heavy atom. The third-order valence-corrected chi connectivity index (χ3v) is 1.87. The van der Waals surface area contributed by atoms with Crippen LogP contribution in [0.5, 0.6) is 0 Å². The van der Waals surface area contributed by atoms with Crippen LogP contribution in [0.1, 0.15) is 16.8 Å². The van der Waals surface area contributed by atoms with E-state index in [1.807, 2.05) is 0 Å². The van der Waals surface area contributed by atoms with Crippen molar-refractivity contribution < 1.29 is 14.3 Å². The molecule has 0 atom stereocenters. The van der Waals surface area contributed by atoms with Gasteiger partial charge in [0.15, 0.2) is 0 Å². The second-order valence-electron chi connectivity index (χ2n) is 3.10. The van der Waals surface area contributed by atoms with E-state index < -0.39 is 0 Å². The Hall–Kier alpha value is -1.55. The van der Waals surface area contributed by atoms with Gasteiger partial charge < -0.3 is 15.2 Å². The minimum absolute atomic E-state index is 0.328. The summed E-state index contributed by atoms with van der Waals surface area (Å²) in [5.41, 5.74) is 6.64. The molecular formula is C11H15NO3. The summed E-state index contributed by atoms with van der Waals surface area (Å²) in [5.74, 6) is -0.328. The SMILES string of the molecule is COCCCOC(=O)c1ccc(N)cc1. The van der Waals surface area contributed by atoms with Crippen molar-refractivity contribution in [1.29, 1.82) is 0 Å². The standard InChI is InChI=1S/C11H15NO3/c1-14-7-2-8-15-11(13)9-3-5-10(12)6-4-9/h3-6H,2,7-8,12H2,1H3. The molecule has 2 N–H and O–H groups in total. The second kappa shape index (κ2) is 6.03. The summed E-state index contributed by atoms with van der Waals surface area (Å²) in [6, 6.07) is 6.64. The molecule has 1 aromatic rings. The van der Waals surface area contributed by atoms with E-state index in [4.69, 9.17) is 15.2 Å². The number of carbonyl (C=O) groups is 1. The lowest BCUT2D eigenvalue weighted by Gasteiger charge is -2.04. The van der Waals surface area contributed by atoms with Crippen LogP contribution >= 0.6 is 0 Å². The third kappa shape index (κ3) is 3.99. The molecule has 0 aliphatic heterocycles. The number of carbonyl (C=O) groups excluding carboxylic acids is 1. The van der Waals surface area contributed by atoms with Gasteiger partial charge in [-0.15, -0.1) is 0 Å². The van der Waals surface area contributed by atoms with Crippen LogP contribution in [0.25, 0.3) is 0 Å². The largest absolute Gasteiger partial charge is 0.462 e. The fourth-order valence-electron chi connectivity index (χ4n) is 1.07. The number of esters is 1. The number of benzene rings is 1. The maximum atomic E-state index is 11.4. The molecule has 0 aromatic heterocycles. The van der Waals surface area contributed by atoms with Crippen molar-refractivity contribution in [2.45, 2.75) is 6.42 Å². The highest BCUT2D eigenvalue weighted by molar-refractivity contribution is 5.89. The van der Waals surface area contributed by atoms with Gasteiger partial charge in [0.2, 0.25) is 0 Å². The average molecular weight is 209 g/mol. The smallest absolute Gasteiger partial charge is 0.338 e. The predicted molar refractivity (Wildman–Crippen MR) is 57.6 cm³/mol. The lowest BCUT2D eigenvalue weighted by molar-refractivity contribution is 0.0468. The van der Waals surface area contributed by atoms with Gasteiger partial charge in [-0.2, -0.15) is 0 Å². The van der Waals surface area contributed by atoms with Gasteiger partial charge >= 0.3 is 5.97 Å². The number of ether oxygens (including phenoxy) is 2. The zero-order valence-electron chi connectivity index (χ0n) is 8.73. The Labute approximate surface area is 89.0 Å². The summed E-state index contributed by atoms with van der Waals surface area (Å²) in [7, 11) is 1.61. The van der Waals surface area contributed by atoms with E-state index in [0.717, 1.165) is 0 Å². The van der Waals surface area contributed by atoms with Crippen LogP contribution in [0.2, 0.25) is 0 Å². The molecule has 0 saturated heterocycles. The summed E-state index contributed by atoms with van der Waals surface area (Å²) in [6.45, 7) is 0.964. The molecule has 4 heteroatoms. The molecule has 15 heavy (non-hydrogen) atoms. The fourth-order valence-corrected chi connectivity index (χ4v) is 1.07. The summed E-state index contributed by atoms with van der Waals surface area (Å²) in [6.07, 6.45) is 0.706. The number of rotatable bonds is 5. The Morgan fingerprint density at radius 3 is 2.53 bits per heavy atom. The van der Waals surface area contributed by atoms with Crippen molar-refractivity contribution in [2.75, 3.05) is 26.1 Å². The molecule has 0 bridgehead atoms. The van der Waals surface area contributed by atoms with Crippen LogP contribution in [0, 0.1) is 0 Å². The minimum Gasteiger partial charge on any atom is -0.462 e. The van der Waals surface area contributed by atoms with Crippen molar-refractivity contribution in [2.24, 2.45) is 0 Å². The lowest BCUT2D eigenvalue weighted by atomic mass is 10.2. The first kappa shape index (κ1) is 11.5. The first-order chi connectivity index (χ1) is 7.24. The summed E-state index contributed by atoms with van der Waals surface area (Å²) < 4.78 is 9.85. The van der Waals surface area contributed by atoms with E-state index in [-0.39, 0.29) is 5.97 Å². The molecule has 1 rings (SSSR count). The molecule has 0 radical (unpaired) electrons. The van der Waals surface area contributed by atoms with Crippen LogP contribution in [0.4, 0.5) is 5.69 Å². The number of hydrogen-bond donors (Lipinski definition) is 1. The number of anilines is 1. The molecule has 0 heterocycles. The van der Waals surface area contributed by atoms with Crippen LogP contribution < -0.4 is 5.73 Å². The third-order valence-electron chi connectivity index (χ3n) is 1.87. The summed E-state index contributed by atoms with van der Waals surface area (Å²) in [4.78, 5) is 11.4. The van der Waals surface area contributed by atoms with E-state index in [9.17, 15) is 4.79 Å². The zero-order chi connectivity index (χ0) is 11.1. The maximum Gasteiger partial charge on any atom is 0.338 e. The molecule has 1 aromatic carbocycles. The normalized spacial score (nSPS) is 9.93. The molecule has 82 valence electrons. The fraction of sp³-hybridized carbons (Fsp3) is 0.364. The number of nitrogens with two attached hydrogens (primary N) is 1. The molecule has 0 saturated carbocycles. The Kier molecular flexibility index (Phi) is 4.63. The summed E-state index contributed by atoms with van der Waals surface area (Å²) in [5, 5.41) is 0. The number of nitrogen functional groups attached to an aromatic ring is 1. The molecule has 0 amide bonds. The van der Waals surface area contributed by atoms with Gasteiger partial charge in [-0.1, -0.05) is 0 Å². The first-order valence-corrected chi connectivity index (χ1v) is 4.75. The van der Waals surface area contributed by atoms with Crippen LogP contribution in [-0.2, 0) is 9.47 Å².